The first-order valence-electron chi connectivity index (χ1n) is 7.87. The second-order valence-electron chi connectivity index (χ2n) is 5.46. The van der Waals surface area contributed by atoms with E-state index < -0.39 is 5.97 Å². The Morgan fingerprint density at radius 3 is 2.54 bits per heavy atom. The van der Waals surface area contributed by atoms with E-state index in [0.717, 1.165) is 29.4 Å². The standard InChI is InChI=1S/C17H20BrN3O3/c18-14-6-8-15(9-7-14)21-12-13(11-20-21)17(24)19-10-4-2-1-3-5-16(22)23/h6-9,11-12H,1-5,10H2,(H,19,24)(H,22,23). The Kier molecular flexibility index (Phi) is 6.99. The largest absolute Gasteiger partial charge is 0.481 e. The Balaban J connectivity index is 1.73. The molecule has 0 fully saturated rings. The molecule has 0 saturated heterocycles. The van der Waals surface area contributed by atoms with Gasteiger partial charge in [-0.05, 0) is 37.1 Å². The number of rotatable bonds is 9. The van der Waals surface area contributed by atoms with Crippen LogP contribution in [-0.4, -0.2) is 33.3 Å². The van der Waals surface area contributed by atoms with E-state index in [-0.39, 0.29) is 12.3 Å². The van der Waals surface area contributed by atoms with Crippen molar-refractivity contribution in [3.63, 3.8) is 0 Å². The molecule has 0 aliphatic heterocycles. The first-order valence-corrected chi connectivity index (χ1v) is 8.66. The molecular formula is C17H20BrN3O3. The predicted molar refractivity (Wildman–Crippen MR) is 94.3 cm³/mol. The molecule has 1 amide bonds. The smallest absolute Gasteiger partial charge is 0.303 e. The molecular weight excluding hydrogens is 374 g/mol. The lowest BCUT2D eigenvalue weighted by molar-refractivity contribution is -0.137. The number of carboxylic acids is 1. The lowest BCUT2D eigenvalue weighted by atomic mass is 10.1. The lowest BCUT2D eigenvalue weighted by Crippen LogP contribution is -2.24. The summed E-state index contributed by atoms with van der Waals surface area (Å²) in [5.41, 5.74) is 1.40. The molecule has 128 valence electrons. The van der Waals surface area contributed by atoms with E-state index in [2.05, 4.69) is 26.3 Å². The van der Waals surface area contributed by atoms with Gasteiger partial charge >= 0.3 is 5.97 Å². The molecule has 0 spiro atoms. The SMILES string of the molecule is O=C(O)CCCCCCNC(=O)c1cnn(-c2ccc(Br)cc2)c1. The third kappa shape index (κ3) is 5.81. The predicted octanol–water partition coefficient (Wildman–Crippen LogP) is 3.40. The van der Waals surface area contributed by atoms with Crippen LogP contribution in [0.15, 0.2) is 41.1 Å². The minimum atomic E-state index is -0.758. The summed E-state index contributed by atoms with van der Waals surface area (Å²) in [6.45, 7) is 0.579. The van der Waals surface area contributed by atoms with E-state index in [9.17, 15) is 9.59 Å². The first-order chi connectivity index (χ1) is 11.6. The van der Waals surface area contributed by atoms with Gasteiger partial charge in [0.25, 0.3) is 5.91 Å². The van der Waals surface area contributed by atoms with Crippen molar-refractivity contribution in [2.45, 2.75) is 32.1 Å². The fourth-order valence-corrected chi connectivity index (χ4v) is 2.50. The second-order valence-corrected chi connectivity index (χ2v) is 6.38. The van der Waals surface area contributed by atoms with Crippen LogP contribution in [0.1, 0.15) is 42.5 Å². The molecule has 6 nitrogen and oxygen atoms in total. The fraction of sp³-hybridized carbons (Fsp3) is 0.353. The molecule has 0 aliphatic rings. The molecule has 0 saturated carbocycles. The molecule has 0 bridgehead atoms. The maximum Gasteiger partial charge on any atom is 0.303 e. The lowest BCUT2D eigenvalue weighted by Gasteiger charge is -2.03. The van der Waals surface area contributed by atoms with Crippen molar-refractivity contribution in [1.29, 1.82) is 0 Å². The zero-order valence-corrected chi connectivity index (χ0v) is 14.8. The van der Waals surface area contributed by atoms with E-state index in [0.29, 0.717) is 18.5 Å². The molecule has 7 heteroatoms. The molecule has 2 N–H and O–H groups in total. The zero-order valence-electron chi connectivity index (χ0n) is 13.2. The van der Waals surface area contributed by atoms with E-state index in [1.54, 1.807) is 17.1 Å². The molecule has 24 heavy (non-hydrogen) atoms. The minimum Gasteiger partial charge on any atom is -0.481 e. The number of benzene rings is 1. The highest BCUT2D eigenvalue weighted by molar-refractivity contribution is 9.10. The highest BCUT2D eigenvalue weighted by Gasteiger charge is 2.08. The highest BCUT2D eigenvalue weighted by Crippen LogP contribution is 2.14. The number of carboxylic acid groups (broad SMARTS) is 1. The summed E-state index contributed by atoms with van der Waals surface area (Å²) in [5, 5.41) is 15.6. The normalized spacial score (nSPS) is 10.5. The highest BCUT2D eigenvalue weighted by atomic mass is 79.9. The minimum absolute atomic E-state index is 0.149. The number of aromatic nitrogens is 2. The molecule has 1 aromatic heterocycles. The number of hydrogen-bond donors (Lipinski definition) is 2. The molecule has 2 rings (SSSR count). The van der Waals surface area contributed by atoms with Gasteiger partial charge in [0, 0.05) is 23.6 Å². The number of amides is 1. The van der Waals surface area contributed by atoms with Gasteiger partial charge in [0.2, 0.25) is 0 Å². The Hall–Kier alpha value is -2.15. The third-order valence-electron chi connectivity index (χ3n) is 3.54. The maximum absolute atomic E-state index is 12.1. The number of nitrogens with zero attached hydrogens (tertiary/aromatic N) is 2. The summed E-state index contributed by atoms with van der Waals surface area (Å²) in [5.74, 6) is -0.907. The van der Waals surface area contributed by atoms with Gasteiger partial charge < -0.3 is 10.4 Å². The van der Waals surface area contributed by atoms with E-state index in [1.807, 2.05) is 24.3 Å². The van der Waals surface area contributed by atoms with E-state index in [1.165, 1.54) is 0 Å². The average molecular weight is 394 g/mol. The van der Waals surface area contributed by atoms with E-state index >= 15 is 0 Å². The number of nitrogens with one attached hydrogen (secondary N) is 1. The zero-order chi connectivity index (χ0) is 17.4. The first kappa shape index (κ1) is 18.2. The topological polar surface area (TPSA) is 84.2 Å². The molecule has 2 aromatic rings. The van der Waals surface area contributed by atoms with Crippen LogP contribution < -0.4 is 5.32 Å². The number of carbonyl (C=O) groups excluding carboxylic acids is 1. The van der Waals surface area contributed by atoms with Crippen LogP contribution in [0.3, 0.4) is 0 Å². The molecule has 0 aliphatic carbocycles. The van der Waals surface area contributed by atoms with E-state index in [4.69, 9.17) is 5.11 Å². The summed E-state index contributed by atoms with van der Waals surface area (Å²) in [6, 6.07) is 7.66. The van der Waals surface area contributed by atoms with Crippen LogP contribution in [-0.2, 0) is 4.79 Å². The van der Waals surface area contributed by atoms with Gasteiger partial charge in [-0.3, -0.25) is 9.59 Å². The quantitative estimate of drug-likeness (QED) is 0.639. The summed E-state index contributed by atoms with van der Waals surface area (Å²) < 4.78 is 2.65. The number of unbranched alkanes of at least 4 members (excludes halogenated alkanes) is 3. The van der Waals surface area contributed by atoms with Gasteiger partial charge in [0.1, 0.15) is 0 Å². The molecule has 1 heterocycles. The summed E-state index contributed by atoms with van der Waals surface area (Å²) >= 11 is 3.38. The summed E-state index contributed by atoms with van der Waals surface area (Å²) in [4.78, 5) is 22.5. The van der Waals surface area contributed by atoms with Crippen molar-refractivity contribution in [3.8, 4) is 5.69 Å². The van der Waals surface area contributed by atoms with Crippen LogP contribution in [0.2, 0.25) is 0 Å². The average Bonchev–Trinajstić information content (AvgIpc) is 3.04. The van der Waals surface area contributed by atoms with Crippen LogP contribution in [0.25, 0.3) is 5.69 Å². The molecule has 0 unspecified atom stereocenters. The maximum atomic E-state index is 12.1. The van der Waals surface area contributed by atoms with Crippen LogP contribution >= 0.6 is 15.9 Å². The van der Waals surface area contributed by atoms with Crippen LogP contribution in [0.5, 0.6) is 0 Å². The van der Waals surface area contributed by atoms with Crippen molar-refractivity contribution in [2.75, 3.05) is 6.54 Å². The summed E-state index contributed by atoms with van der Waals surface area (Å²) in [7, 11) is 0. The van der Waals surface area contributed by atoms with Gasteiger partial charge in [-0.15, -0.1) is 0 Å². The van der Waals surface area contributed by atoms with Gasteiger partial charge in [0.05, 0.1) is 17.4 Å². The van der Waals surface area contributed by atoms with Crippen LogP contribution in [0.4, 0.5) is 0 Å². The molecule has 1 aromatic carbocycles. The van der Waals surface area contributed by atoms with Crippen molar-refractivity contribution in [1.82, 2.24) is 15.1 Å². The molecule has 0 atom stereocenters. The van der Waals surface area contributed by atoms with Gasteiger partial charge in [-0.1, -0.05) is 28.8 Å². The number of halogens is 1. The van der Waals surface area contributed by atoms with Crippen molar-refractivity contribution >= 4 is 27.8 Å². The van der Waals surface area contributed by atoms with Gasteiger partial charge in [-0.25, -0.2) is 4.68 Å². The monoisotopic (exact) mass is 393 g/mol. The number of aliphatic carboxylic acids is 1. The van der Waals surface area contributed by atoms with Gasteiger partial charge in [-0.2, -0.15) is 5.10 Å². The Bertz CT molecular complexity index is 683. The van der Waals surface area contributed by atoms with Crippen molar-refractivity contribution < 1.29 is 14.7 Å². The Labute approximate surface area is 149 Å². The third-order valence-corrected chi connectivity index (χ3v) is 4.07. The second kappa shape index (κ2) is 9.22. The number of carbonyl (C=O) groups is 2. The Morgan fingerprint density at radius 2 is 1.83 bits per heavy atom. The van der Waals surface area contributed by atoms with Crippen LogP contribution in [0, 0.1) is 0 Å². The molecule has 0 radical (unpaired) electrons. The van der Waals surface area contributed by atoms with Gasteiger partial charge in [0.15, 0.2) is 0 Å². The number of hydrogen-bond acceptors (Lipinski definition) is 3. The fourth-order valence-electron chi connectivity index (χ4n) is 2.23. The van der Waals surface area contributed by atoms with Crippen molar-refractivity contribution in [3.05, 3.63) is 46.7 Å². The summed E-state index contributed by atoms with van der Waals surface area (Å²) in [6.07, 6.45) is 6.75. The van der Waals surface area contributed by atoms with Crippen molar-refractivity contribution in [2.24, 2.45) is 0 Å². The Morgan fingerprint density at radius 1 is 1.12 bits per heavy atom.